The first-order valence-corrected chi connectivity index (χ1v) is 8.78. The van der Waals surface area contributed by atoms with Crippen LogP contribution in [0, 0.1) is 0 Å². The number of anilines is 1. The number of hydrogen-bond acceptors (Lipinski definition) is 5. The fourth-order valence-corrected chi connectivity index (χ4v) is 3.00. The molecule has 1 aromatic carbocycles. The molecule has 1 amide bonds. The van der Waals surface area contributed by atoms with E-state index in [1.807, 2.05) is 0 Å². The monoisotopic (exact) mass is 334 g/mol. The van der Waals surface area contributed by atoms with E-state index in [0.717, 1.165) is 0 Å². The third kappa shape index (κ3) is 7.31. The van der Waals surface area contributed by atoms with Crippen LogP contribution in [0.5, 0.6) is 0 Å². The Morgan fingerprint density at radius 1 is 1.19 bits per heavy atom. The molecule has 0 saturated carbocycles. The molecule has 8 heteroatoms. The summed E-state index contributed by atoms with van der Waals surface area (Å²) in [6, 6.07) is 6.55. The molecule has 3 N–H and O–H groups in total. The van der Waals surface area contributed by atoms with Gasteiger partial charge < -0.3 is 15.8 Å². The number of benzene rings is 1. The molecule has 0 fully saturated rings. The fraction of sp³-hybridized carbons (Fsp3) is 0.462. The van der Waals surface area contributed by atoms with E-state index in [4.69, 9.17) is 22.1 Å². The van der Waals surface area contributed by atoms with Crippen molar-refractivity contribution in [2.45, 2.75) is 0 Å². The molecule has 0 aliphatic rings. The largest absolute Gasteiger partial charge is 0.399 e. The average molecular weight is 335 g/mol. The summed E-state index contributed by atoms with van der Waals surface area (Å²) < 4.78 is 27.8. The Balaban J connectivity index is 2.17. The van der Waals surface area contributed by atoms with Gasteiger partial charge in [-0.3, -0.25) is 4.79 Å². The number of carbonyl (C=O) groups is 1. The number of nitrogens with two attached hydrogens (primary N) is 1. The normalized spacial score (nSPS) is 11.3. The number of rotatable bonds is 9. The number of halogens is 1. The SMILES string of the molecule is Nc1ccc(C(=O)NCCOCCS(=O)(=O)CCCl)cc1. The second-order valence-corrected chi connectivity index (χ2v) is 7.01. The second-order valence-electron chi connectivity index (χ2n) is 4.33. The predicted octanol–water partition coefficient (Wildman–Crippen LogP) is 0.669. The Morgan fingerprint density at radius 3 is 2.48 bits per heavy atom. The molecular formula is C13H19ClN2O4S. The van der Waals surface area contributed by atoms with E-state index in [1.165, 1.54) is 0 Å². The van der Waals surface area contributed by atoms with Gasteiger partial charge in [0.25, 0.3) is 5.91 Å². The minimum Gasteiger partial charge on any atom is -0.399 e. The van der Waals surface area contributed by atoms with Crippen LogP contribution in [-0.2, 0) is 14.6 Å². The fourth-order valence-electron chi connectivity index (χ4n) is 1.48. The van der Waals surface area contributed by atoms with E-state index >= 15 is 0 Å². The van der Waals surface area contributed by atoms with Crippen molar-refractivity contribution >= 4 is 33.0 Å². The van der Waals surface area contributed by atoms with E-state index in [-0.39, 0.29) is 36.5 Å². The summed E-state index contributed by atoms with van der Waals surface area (Å²) in [7, 11) is -3.14. The molecule has 6 nitrogen and oxygen atoms in total. The number of nitrogens with one attached hydrogen (secondary N) is 1. The zero-order valence-electron chi connectivity index (χ0n) is 11.5. The Bertz CT molecular complexity index is 546. The summed E-state index contributed by atoms with van der Waals surface area (Å²) in [5, 5.41) is 2.67. The number of nitrogen functional groups attached to an aromatic ring is 1. The van der Waals surface area contributed by atoms with Crippen molar-refractivity contribution in [3.63, 3.8) is 0 Å². The van der Waals surface area contributed by atoms with E-state index in [0.29, 0.717) is 17.8 Å². The quantitative estimate of drug-likeness (QED) is 0.393. The minimum absolute atomic E-state index is 0.0498. The third-order valence-corrected chi connectivity index (χ3v) is 4.66. The molecule has 0 radical (unpaired) electrons. The van der Waals surface area contributed by atoms with Crippen molar-refractivity contribution in [1.82, 2.24) is 5.32 Å². The number of amides is 1. The van der Waals surface area contributed by atoms with Gasteiger partial charge in [-0.25, -0.2) is 8.42 Å². The maximum Gasteiger partial charge on any atom is 0.251 e. The molecular weight excluding hydrogens is 316 g/mol. The van der Waals surface area contributed by atoms with E-state index in [9.17, 15) is 13.2 Å². The molecule has 0 bridgehead atoms. The number of ether oxygens (including phenoxy) is 1. The highest BCUT2D eigenvalue weighted by Crippen LogP contribution is 2.04. The van der Waals surface area contributed by atoms with Crippen molar-refractivity contribution < 1.29 is 17.9 Å². The summed E-state index contributed by atoms with van der Waals surface area (Å²) in [6.07, 6.45) is 0. The molecule has 21 heavy (non-hydrogen) atoms. The number of alkyl halides is 1. The molecule has 0 unspecified atom stereocenters. The standard InChI is InChI=1S/C13H19ClN2O4S/c14-5-9-21(18,19)10-8-20-7-6-16-13(17)11-1-3-12(15)4-2-11/h1-4H,5-10,15H2,(H,16,17). The minimum atomic E-state index is -3.14. The highest BCUT2D eigenvalue weighted by molar-refractivity contribution is 7.91. The summed E-state index contributed by atoms with van der Waals surface area (Å²) >= 11 is 5.38. The number of hydrogen-bond donors (Lipinski definition) is 2. The number of sulfone groups is 1. The highest BCUT2D eigenvalue weighted by atomic mass is 35.5. The van der Waals surface area contributed by atoms with Crippen LogP contribution in [0.2, 0.25) is 0 Å². The lowest BCUT2D eigenvalue weighted by molar-refractivity contribution is 0.0923. The molecule has 0 heterocycles. The van der Waals surface area contributed by atoms with Crippen molar-refractivity contribution in [3.8, 4) is 0 Å². The van der Waals surface area contributed by atoms with Gasteiger partial charge in [-0.1, -0.05) is 0 Å². The van der Waals surface area contributed by atoms with Crippen molar-refractivity contribution in [3.05, 3.63) is 29.8 Å². The molecule has 0 aromatic heterocycles. The first-order chi connectivity index (χ1) is 9.94. The lowest BCUT2D eigenvalue weighted by Gasteiger charge is -2.07. The Morgan fingerprint density at radius 2 is 1.86 bits per heavy atom. The summed E-state index contributed by atoms with van der Waals surface area (Å²) in [5.74, 6) is -0.259. The molecule has 0 aliphatic heterocycles. The van der Waals surface area contributed by atoms with Crippen LogP contribution in [-0.4, -0.2) is 51.5 Å². The average Bonchev–Trinajstić information content (AvgIpc) is 2.43. The smallest absolute Gasteiger partial charge is 0.251 e. The first-order valence-electron chi connectivity index (χ1n) is 6.42. The molecule has 1 rings (SSSR count). The number of carbonyl (C=O) groups excluding carboxylic acids is 1. The lowest BCUT2D eigenvalue weighted by Crippen LogP contribution is -2.28. The van der Waals surface area contributed by atoms with Crippen LogP contribution < -0.4 is 11.1 Å². The van der Waals surface area contributed by atoms with Crippen LogP contribution in [0.1, 0.15) is 10.4 Å². The van der Waals surface area contributed by atoms with Gasteiger partial charge in [0.2, 0.25) is 0 Å². The Kier molecular flexibility index (Phi) is 7.49. The van der Waals surface area contributed by atoms with Gasteiger partial charge in [0.05, 0.1) is 24.7 Å². The summed E-state index contributed by atoms with van der Waals surface area (Å²) in [5.41, 5.74) is 6.63. The van der Waals surface area contributed by atoms with Gasteiger partial charge in [0, 0.05) is 23.7 Å². The molecule has 118 valence electrons. The molecule has 1 aromatic rings. The zero-order chi connectivity index (χ0) is 15.7. The molecule has 0 aliphatic carbocycles. The van der Waals surface area contributed by atoms with Crippen molar-refractivity contribution in [2.24, 2.45) is 0 Å². The predicted molar refractivity (Wildman–Crippen MR) is 83.4 cm³/mol. The van der Waals surface area contributed by atoms with Gasteiger partial charge in [0.1, 0.15) is 0 Å². The summed E-state index contributed by atoms with van der Waals surface area (Å²) in [6.45, 7) is 0.646. The van der Waals surface area contributed by atoms with Crippen LogP contribution in [0.25, 0.3) is 0 Å². The maximum absolute atomic E-state index is 11.7. The first kappa shape index (κ1) is 17.7. The van der Waals surface area contributed by atoms with E-state index in [1.54, 1.807) is 24.3 Å². The molecule has 0 spiro atoms. The van der Waals surface area contributed by atoms with Crippen molar-refractivity contribution in [2.75, 3.05) is 42.9 Å². The van der Waals surface area contributed by atoms with Crippen LogP contribution in [0.15, 0.2) is 24.3 Å². The zero-order valence-corrected chi connectivity index (χ0v) is 13.1. The van der Waals surface area contributed by atoms with Crippen LogP contribution in [0.3, 0.4) is 0 Å². The van der Waals surface area contributed by atoms with Crippen LogP contribution in [0.4, 0.5) is 5.69 Å². The van der Waals surface area contributed by atoms with Crippen molar-refractivity contribution in [1.29, 1.82) is 0 Å². The van der Waals surface area contributed by atoms with Crippen LogP contribution >= 0.6 is 11.6 Å². The Labute approximate surface area is 129 Å². The molecule has 0 saturated heterocycles. The maximum atomic E-state index is 11.7. The van der Waals surface area contributed by atoms with Gasteiger partial charge in [-0.05, 0) is 24.3 Å². The topological polar surface area (TPSA) is 98.5 Å². The highest BCUT2D eigenvalue weighted by Gasteiger charge is 2.09. The summed E-state index contributed by atoms with van der Waals surface area (Å²) in [4.78, 5) is 11.7. The Hall–Kier alpha value is -1.31. The van der Waals surface area contributed by atoms with Gasteiger partial charge in [-0.15, -0.1) is 11.6 Å². The van der Waals surface area contributed by atoms with E-state index < -0.39 is 9.84 Å². The molecule has 0 atom stereocenters. The lowest BCUT2D eigenvalue weighted by atomic mass is 10.2. The third-order valence-electron chi connectivity index (χ3n) is 2.63. The van der Waals surface area contributed by atoms with Gasteiger partial charge in [0.15, 0.2) is 9.84 Å². The second kappa shape index (κ2) is 8.86. The van der Waals surface area contributed by atoms with Gasteiger partial charge >= 0.3 is 0 Å². The van der Waals surface area contributed by atoms with Gasteiger partial charge in [-0.2, -0.15) is 0 Å². The van der Waals surface area contributed by atoms with E-state index in [2.05, 4.69) is 5.32 Å².